The van der Waals surface area contributed by atoms with Crippen molar-refractivity contribution < 1.29 is 19.1 Å². The lowest BCUT2D eigenvalue weighted by molar-refractivity contribution is -0.138. The maximum Gasteiger partial charge on any atom is 0.312 e. The molecular weight excluding hydrogens is 270 g/mol. The van der Waals surface area contributed by atoms with Crippen LogP contribution in [0, 0.1) is 0 Å². The SMILES string of the molecule is O=C(O)C1CN(C(=O)C=Cc2ccco2)c2ccccc21. The van der Waals surface area contributed by atoms with Crippen molar-refractivity contribution in [2.75, 3.05) is 11.4 Å². The van der Waals surface area contributed by atoms with E-state index in [2.05, 4.69) is 0 Å². The van der Waals surface area contributed by atoms with E-state index in [-0.39, 0.29) is 12.5 Å². The fourth-order valence-electron chi connectivity index (χ4n) is 2.46. The normalized spacial score (nSPS) is 17.1. The second-order valence-corrected chi connectivity index (χ2v) is 4.75. The molecule has 1 N–H and O–H groups in total. The first-order valence-corrected chi connectivity index (χ1v) is 6.51. The Balaban J connectivity index is 1.86. The van der Waals surface area contributed by atoms with Gasteiger partial charge in [-0.25, -0.2) is 0 Å². The lowest BCUT2D eigenvalue weighted by Gasteiger charge is -2.14. The summed E-state index contributed by atoms with van der Waals surface area (Å²) in [6, 6.07) is 10.5. The van der Waals surface area contributed by atoms with E-state index in [0.29, 0.717) is 17.0 Å². The molecule has 1 aliphatic heterocycles. The third-order valence-corrected chi connectivity index (χ3v) is 3.47. The zero-order valence-corrected chi connectivity index (χ0v) is 11.1. The van der Waals surface area contributed by atoms with Crippen molar-refractivity contribution >= 4 is 23.6 Å². The number of carbonyl (C=O) groups excluding carboxylic acids is 1. The number of hydrogen-bond acceptors (Lipinski definition) is 3. The summed E-state index contributed by atoms with van der Waals surface area (Å²) in [6.45, 7) is 0.149. The fraction of sp³-hybridized carbons (Fsp3) is 0.125. The van der Waals surface area contributed by atoms with Gasteiger partial charge in [-0.15, -0.1) is 0 Å². The van der Waals surface area contributed by atoms with Crippen molar-refractivity contribution in [2.45, 2.75) is 5.92 Å². The topological polar surface area (TPSA) is 70.8 Å². The molecule has 1 unspecified atom stereocenters. The number of fused-ring (bicyclic) bond motifs is 1. The Labute approximate surface area is 121 Å². The van der Waals surface area contributed by atoms with E-state index in [1.54, 1.807) is 42.5 Å². The summed E-state index contributed by atoms with van der Waals surface area (Å²) < 4.78 is 5.12. The maximum atomic E-state index is 12.3. The molecule has 0 bridgehead atoms. The van der Waals surface area contributed by atoms with Crippen LogP contribution in [0.15, 0.2) is 53.2 Å². The Bertz CT molecular complexity index is 703. The first-order valence-electron chi connectivity index (χ1n) is 6.51. The van der Waals surface area contributed by atoms with E-state index < -0.39 is 11.9 Å². The van der Waals surface area contributed by atoms with Crippen LogP contribution in [0.3, 0.4) is 0 Å². The van der Waals surface area contributed by atoms with Crippen LogP contribution in [0.4, 0.5) is 5.69 Å². The summed E-state index contributed by atoms with van der Waals surface area (Å²) >= 11 is 0. The predicted octanol–water partition coefficient (Wildman–Crippen LogP) is 2.51. The number of nitrogens with zero attached hydrogens (tertiary/aromatic N) is 1. The number of amides is 1. The van der Waals surface area contributed by atoms with E-state index >= 15 is 0 Å². The molecule has 1 aliphatic rings. The molecule has 106 valence electrons. The predicted molar refractivity (Wildman–Crippen MR) is 76.9 cm³/mol. The van der Waals surface area contributed by atoms with Crippen LogP contribution in [0.5, 0.6) is 0 Å². The molecule has 3 rings (SSSR count). The number of carboxylic acids is 1. The number of aliphatic carboxylic acids is 1. The first kappa shape index (κ1) is 13.2. The van der Waals surface area contributed by atoms with Crippen molar-refractivity contribution in [1.82, 2.24) is 0 Å². The summed E-state index contributed by atoms with van der Waals surface area (Å²) in [5, 5.41) is 9.27. The number of furan rings is 1. The third kappa shape index (κ3) is 2.45. The average molecular weight is 283 g/mol. The number of hydrogen-bond donors (Lipinski definition) is 1. The second-order valence-electron chi connectivity index (χ2n) is 4.75. The van der Waals surface area contributed by atoms with Crippen LogP contribution in [0.25, 0.3) is 6.08 Å². The Kier molecular flexibility index (Phi) is 3.31. The molecule has 2 aromatic rings. The van der Waals surface area contributed by atoms with Crippen molar-refractivity contribution in [3.63, 3.8) is 0 Å². The minimum Gasteiger partial charge on any atom is -0.481 e. The molecule has 5 nitrogen and oxygen atoms in total. The van der Waals surface area contributed by atoms with Crippen molar-refractivity contribution in [1.29, 1.82) is 0 Å². The summed E-state index contributed by atoms with van der Waals surface area (Å²) in [5.74, 6) is -1.29. The lowest BCUT2D eigenvalue weighted by atomic mass is 10.0. The summed E-state index contributed by atoms with van der Waals surface area (Å²) in [6.07, 6.45) is 4.48. The summed E-state index contributed by atoms with van der Waals surface area (Å²) in [4.78, 5) is 25.1. The molecule has 0 aliphatic carbocycles. The Hall–Kier alpha value is -2.82. The van der Waals surface area contributed by atoms with Crippen LogP contribution in [-0.2, 0) is 9.59 Å². The highest BCUT2D eigenvalue weighted by atomic mass is 16.4. The van der Waals surface area contributed by atoms with Gasteiger partial charge in [0.15, 0.2) is 0 Å². The van der Waals surface area contributed by atoms with Gasteiger partial charge in [-0.3, -0.25) is 9.59 Å². The molecule has 2 heterocycles. The van der Waals surface area contributed by atoms with E-state index in [1.165, 1.54) is 17.2 Å². The number of carboxylic acid groups (broad SMARTS) is 1. The lowest BCUT2D eigenvalue weighted by Crippen LogP contribution is -2.29. The van der Waals surface area contributed by atoms with E-state index in [9.17, 15) is 14.7 Å². The van der Waals surface area contributed by atoms with Crippen LogP contribution in [0.1, 0.15) is 17.2 Å². The molecule has 5 heteroatoms. The van der Waals surface area contributed by atoms with E-state index in [0.717, 1.165) is 0 Å². The molecule has 1 amide bonds. The maximum absolute atomic E-state index is 12.3. The van der Waals surface area contributed by atoms with Gasteiger partial charge >= 0.3 is 5.97 Å². The highest BCUT2D eigenvalue weighted by molar-refractivity contribution is 6.06. The van der Waals surface area contributed by atoms with Gasteiger partial charge in [0, 0.05) is 18.3 Å². The number of para-hydroxylation sites is 1. The largest absolute Gasteiger partial charge is 0.481 e. The molecular formula is C16H13NO4. The van der Waals surface area contributed by atoms with Gasteiger partial charge in [-0.1, -0.05) is 18.2 Å². The quantitative estimate of drug-likeness (QED) is 0.879. The van der Waals surface area contributed by atoms with Crippen LogP contribution in [0.2, 0.25) is 0 Å². The minimum absolute atomic E-state index is 0.149. The molecule has 1 aromatic carbocycles. The van der Waals surface area contributed by atoms with Crippen LogP contribution >= 0.6 is 0 Å². The van der Waals surface area contributed by atoms with Gasteiger partial charge < -0.3 is 14.4 Å². The van der Waals surface area contributed by atoms with E-state index in [1.807, 2.05) is 0 Å². The summed E-state index contributed by atoms with van der Waals surface area (Å²) in [5.41, 5.74) is 1.32. The standard InChI is InChI=1S/C16H13NO4/c18-15(8-7-11-4-3-9-21-11)17-10-13(16(19)20)12-5-1-2-6-14(12)17/h1-9,13H,10H2,(H,19,20). The molecule has 0 saturated carbocycles. The minimum atomic E-state index is -0.923. The van der Waals surface area contributed by atoms with Crippen molar-refractivity contribution in [2.24, 2.45) is 0 Å². The molecule has 21 heavy (non-hydrogen) atoms. The Morgan fingerprint density at radius 1 is 1.24 bits per heavy atom. The number of benzene rings is 1. The molecule has 0 radical (unpaired) electrons. The Morgan fingerprint density at radius 3 is 2.76 bits per heavy atom. The molecule has 0 saturated heterocycles. The van der Waals surface area contributed by atoms with Gasteiger partial charge in [-0.2, -0.15) is 0 Å². The van der Waals surface area contributed by atoms with Gasteiger partial charge in [0.1, 0.15) is 11.7 Å². The monoisotopic (exact) mass is 283 g/mol. The van der Waals surface area contributed by atoms with Gasteiger partial charge in [0.05, 0.1) is 6.26 Å². The third-order valence-electron chi connectivity index (χ3n) is 3.47. The van der Waals surface area contributed by atoms with Gasteiger partial charge in [-0.05, 0) is 29.8 Å². The number of rotatable bonds is 3. The van der Waals surface area contributed by atoms with Crippen molar-refractivity contribution in [3.05, 3.63) is 60.1 Å². The average Bonchev–Trinajstić information content (AvgIpc) is 3.12. The number of carbonyl (C=O) groups is 2. The second kappa shape index (κ2) is 5.28. The highest BCUT2D eigenvalue weighted by Crippen LogP contribution is 2.36. The van der Waals surface area contributed by atoms with Gasteiger partial charge in [0.2, 0.25) is 0 Å². The summed E-state index contributed by atoms with van der Waals surface area (Å²) in [7, 11) is 0. The highest BCUT2D eigenvalue weighted by Gasteiger charge is 2.35. The van der Waals surface area contributed by atoms with E-state index in [4.69, 9.17) is 4.42 Å². The number of anilines is 1. The Morgan fingerprint density at radius 2 is 2.05 bits per heavy atom. The van der Waals surface area contributed by atoms with Gasteiger partial charge in [0.25, 0.3) is 5.91 Å². The molecule has 0 fully saturated rings. The van der Waals surface area contributed by atoms with Crippen LogP contribution < -0.4 is 4.90 Å². The first-order chi connectivity index (χ1) is 10.2. The fourth-order valence-corrected chi connectivity index (χ4v) is 2.46. The smallest absolute Gasteiger partial charge is 0.312 e. The van der Waals surface area contributed by atoms with Crippen LogP contribution in [-0.4, -0.2) is 23.5 Å². The zero-order valence-electron chi connectivity index (χ0n) is 11.1. The zero-order chi connectivity index (χ0) is 14.8. The molecule has 1 aromatic heterocycles. The molecule has 1 atom stereocenters. The molecule has 0 spiro atoms. The van der Waals surface area contributed by atoms with Crippen molar-refractivity contribution in [3.8, 4) is 0 Å².